The summed E-state index contributed by atoms with van der Waals surface area (Å²) in [5.41, 5.74) is 0.802. The lowest BCUT2D eigenvalue weighted by molar-refractivity contribution is 0.399. The van der Waals surface area contributed by atoms with Gasteiger partial charge in [0.25, 0.3) is 0 Å². The summed E-state index contributed by atoms with van der Waals surface area (Å²) in [7, 11) is 2.98. The highest BCUT2D eigenvalue weighted by Crippen LogP contribution is 2.44. The molecule has 112 valence electrons. The van der Waals surface area contributed by atoms with Gasteiger partial charge in [0.05, 0.1) is 29.6 Å². The van der Waals surface area contributed by atoms with Gasteiger partial charge < -0.3 is 9.47 Å². The lowest BCUT2D eigenvalue weighted by Crippen LogP contribution is -2.03. The van der Waals surface area contributed by atoms with Crippen LogP contribution in [0.2, 0.25) is 5.02 Å². The standard InChI is InChI=1S/C15H12BrCl2FO2/c1-20-12-5-3-4-11(19)13(12)14(18)9-6-8(17)7-10(16)15(9)21-2/h3-7,14H,1-2H3. The Kier molecular flexibility index (Phi) is 5.36. The van der Waals surface area contributed by atoms with Gasteiger partial charge in [-0.2, -0.15) is 0 Å². The topological polar surface area (TPSA) is 18.5 Å². The number of ether oxygens (including phenoxy) is 2. The highest BCUT2D eigenvalue weighted by molar-refractivity contribution is 9.10. The van der Waals surface area contributed by atoms with E-state index in [1.807, 2.05) is 0 Å². The third-order valence-corrected chi connectivity index (χ3v) is 4.26. The molecule has 0 aliphatic heterocycles. The van der Waals surface area contributed by atoms with Crippen molar-refractivity contribution < 1.29 is 13.9 Å². The van der Waals surface area contributed by atoms with Crippen LogP contribution in [0, 0.1) is 5.82 Å². The molecule has 1 unspecified atom stereocenters. The Labute approximate surface area is 140 Å². The zero-order valence-electron chi connectivity index (χ0n) is 11.3. The van der Waals surface area contributed by atoms with Crippen LogP contribution < -0.4 is 9.47 Å². The maximum Gasteiger partial charge on any atom is 0.138 e. The highest BCUT2D eigenvalue weighted by Gasteiger charge is 2.24. The van der Waals surface area contributed by atoms with Crippen molar-refractivity contribution in [1.82, 2.24) is 0 Å². The molecule has 0 radical (unpaired) electrons. The molecule has 0 aliphatic rings. The van der Waals surface area contributed by atoms with E-state index in [0.717, 1.165) is 0 Å². The molecule has 6 heteroatoms. The van der Waals surface area contributed by atoms with Crippen LogP contribution in [0.5, 0.6) is 11.5 Å². The van der Waals surface area contributed by atoms with E-state index in [-0.39, 0.29) is 5.56 Å². The van der Waals surface area contributed by atoms with Gasteiger partial charge in [-0.15, -0.1) is 11.6 Å². The summed E-state index contributed by atoms with van der Waals surface area (Å²) in [5, 5.41) is -0.329. The van der Waals surface area contributed by atoms with Crippen molar-refractivity contribution in [3.05, 3.63) is 56.8 Å². The molecule has 2 aromatic rings. The third-order valence-electron chi connectivity index (χ3n) is 3.00. The average Bonchev–Trinajstić information content (AvgIpc) is 2.45. The van der Waals surface area contributed by atoms with Crippen LogP contribution in [0.25, 0.3) is 0 Å². The van der Waals surface area contributed by atoms with Crippen LogP contribution in [-0.4, -0.2) is 14.2 Å². The third kappa shape index (κ3) is 3.28. The van der Waals surface area contributed by atoms with Gasteiger partial charge in [-0.3, -0.25) is 0 Å². The van der Waals surface area contributed by atoms with Gasteiger partial charge in [0.15, 0.2) is 0 Å². The molecule has 0 heterocycles. The van der Waals surface area contributed by atoms with Gasteiger partial charge in [0.1, 0.15) is 17.3 Å². The summed E-state index contributed by atoms with van der Waals surface area (Å²) in [6.45, 7) is 0. The maximum absolute atomic E-state index is 14.2. The van der Waals surface area contributed by atoms with Gasteiger partial charge in [-0.1, -0.05) is 17.7 Å². The van der Waals surface area contributed by atoms with Crippen molar-refractivity contribution >= 4 is 39.1 Å². The van der Waals surface area contributed by atoms with Gasteiger partial charge in [-0.25, -0.2) is 4.39 Å². The molecule has 21 heavy (non-hydrogen) atoms. The van der Waals surface area contributed by atoms with Crippen LogP contribution >= 0.6 is 39.1 Å². The van der Waals surface area contributed by atoms with Gasteiger partial charge >= 0.3 is 0 Å². The minimum absolute atomic E-state index is 0.245. The number of hydrogen-bond donors (Lipinski definition) is 0. The zero-order chi connectivity index (χ0) is 15.6. The summed E-state index contributed by atoms with van der Waals surface area (Å²) >= 11 is 15.9. The second kappa shape index (κ2) is 6.86. The first kappa shape index (κ1) is 16.4. The van der Waals surface area contributed by atoms with Crippen LogP contribution in [-0.2, 0) is 0 Å². The van der Waals surface area contributed by atoms with Gasteiger partial charge in [-0.05, 0) is 40.2 Å². The van der Waals surface area contributed by atoms with E-state index in [4.69, 9.17) is 32.7 Å². The molecule has 0 aromatic heterocycles. The molecule has 0 bridgehead atoms. The lowest BCUT2D eigenvalue weighted by Gasteiger charge is -2.18. The number of benzene rings is 2. The van der Waals surface area contributed by atoms with E-state index in [2.05, 4.69) is 15.9 Å². The molecule has 0 N–H and O–H groups in total. The van der Waals surface area contributed by atoms with Gasteiger partial charge in [0.2, 0.25) is 0 Å². The molecule has 0 fully saturated rings. The van der Waals surface area contributed by atoms with E-state index in [1.165, 1.54) is 20.3 Å². The number of alkyl halides is 1. The normalized spacial score (nSPS) is 12.1. The fraction of sp³-hybridized carbons (Fsp3) is 0.200. The minimum atomic E-state index is -0.800. The maximum atomic E-state index is 14.2. The number of methoxy groups -OCH3 is 2. The molecular weight excluding hydrogens is 382 g/mol. The highest BCUT2D eigenvalue weighted by atomic mass is 79.9. The second-order valence-corrected chi connectivity index (χ2v) is 5.96. The zero-order valence-corrected chi connectivity index (χ0v) is 14.4. The number of hydrogen-bond acceptors (Lipinski definition) is 2. The Bertz CT molecular complexity index is 664. The average molecular weight is 394 g/mol. The molecule has 1 atom stereocenters. The molecule has 2 rings (SSSR count). The van der Waals surface area contributed by atoms with Crippen LogP contribution in [0.3, 0.4) is 0 Å². The molecule has 0 saturated heterocycles. The predicted molar refractivity (Wildman–Crippen MR) is 86.4 cm³/mol. The van der Waals surface area contributed by atoms with E-state index in [1.54, 1.807) is 24.3 Å². The summed E-state index contributed by atoms with van der Waals surface area (Å²) in [6, 6.07) is 7.88. The van der Waals surface area contributed by atoms with Crippen LogP contribution in [0.1, 0.15) is 16.5 Å². The van der Waals surface area contributed by atoms with E-state index < -0.39 is 11.2 Å². The molecule has 0 spiro atoms. The first-order valence-corrected chi connectivity index (χ1v) is 7.59. The SMILES string of the molecule is COc1cccc(F)c1C(Cl)c1cc(Cl)cc(Br)c1OC. The van der Waals surface area contributed by atoms with E-state index in [9.17, 15) is 4.39 Å². The molecule has 2 nitrogen and oxygen atoms in total. The first-order chi connectivity index (χ1) is 9.99. The van der Waals surface area contributed by atoms with Crippen molar-refractivity contribution in [2.45, 2.75) is 5.38 Å². The van der Waals surface area contributed by atoms with E-state index >= 15 is 0 Å². The molecule has 0 amide bonds. The quantitative estimate of drug-likeness (QED) is 0.630. The molecule has 2 aromatic carbocycles. The Morgan fingerprint density at radius 1 is 1.19 bits per heavy atom. The summed E-state index contributed by atoms with van der Waals surface area (Å²) < 4.78 is 25.3. The summed E-state index contributed by atoms with van der Waals surface area (Å²) in [4.78, 5) is 0. The molecule has 0 saturated carbocycles. The largest absolute Gasteiger partial charge is 0.496 e. The fourth-order valence-electron chi connectivity index (χ4n) is 2.08. The van der Waals surface area contributed by atoms with Crippen molar-refractivity contribution in [2.75, 3.05) is 14.2 Å². The minimum Gasteiger partial charge on any atom is -0.496 e. The van der Waals surface area contributed by atoms with Crippen LogP contribution in [0.15, 0.2) is 34.8 Å². The smallest absolute Gasteiger partial charge is 0.138 e. The number of rotatable bonds is 4. The molecule has 0 aliphatic carbocycles. The molecular formula is C15H12BrCl2FO2. The monoisotopic (exact) mass is 392 g/mol. The van der Waals surface area contributed by atoms with Crippen molar-refractivity contribution in [1.29, 1.82) is 0 Å². The van der Waals surface area contributed by atoms with Crippen molar-refractivity contribution in [3.8, 4) is 11.5 Å². The summed E-state index contributed by atoms with van der Waals surface area (Å²) in [6.07, 6.45) is 0. The fourth-order valence-corrected chi connectivity index (χ4v) is 3.45. The van der Waals surface area contributed by atoms with Crippen molar-refractivity contribution in [2.24, 2.45) is 0 Å². The Hall–Kier alpha value is -0.970. The van der Waals surface area contributed by atoms with Gasteiger partial charge in [0, 0.05) is 10.6 Å². The summed E-state index contributed by atoms with van der Waals surface area (Å²) in [5.74, 6) is 0.422. The first-order valence-electron chi connectivity index (χ1n) is 5.99. The second-order valence-electron chi connectivity index (χ2n) is 4.23. The Morgan fingerprint density at radius 3 is 2.52 bits per heavy atom. The van der Waals surface area contributed by atoms with E-state index in [0.29, 0.717) is 26.6 Å². The van der Waals surface area contributed by atoms with Crippen molar-refractivity contribution in [3.63, 3.8) is 0 Å². The lowest BCUT2D eigenvalue weighted by atomic mass is 10.0. The number of halogens is 4. The Balaban J connectivity index is 2.63. The predicted octanol–water partition coefficient (Wildman–Crippen LogP) is 5.59. The van der Waals surface area contributed by atoms with Crippen LogP contribution in [0.4, 0.5) is 4.39 Å². The Morgan fingerprint density at radius 2 is 1.90 bits per heavy atom.